The van der Waals surface area contributed by atoms with Gasteiger partial charge in [-0.15, -0.1) is 0 Å². The van der Waals surface area contributed by atoms with Crippen LogP contribution >= 0.6 is 0 Å². The van der Waals surface area contributed by atoms with Crippen molar-refractivity contribution in [2.24, 2.45) is 7.05 Å². The molecule has 1 amide bonds. The molecule has 1 unspecified atom stereocenters. The molecule has 0 saturated carbocycles. The topological polar surface area (TPSA) is 63.1 Å². The van der Waals surface area contributed by atoms with E-state index in [0.717, 1.165) is 25.1 Å². The number of anilines is 1. The van der Waals surface area contributed by atoms with E-state index in [1.165, 1.54) is 5.56 Å². The standard InChI is InChI=1S/C15H19N5O/c1-16-15(21)13-8-12(5-6-17-13)20-7-3-4-14(20)11-9-18-19(2)10-11/h5-6,8-10,14H,3-4,7H2,1-2H3,(H,16,21). The molecule has 3 rings (SSSR count). The van der Waals surface area contributed by atoms with Crippen molar-refractivity contribution >= 4 is 11.6 Å². The summed E-state index contributed by atoms with van der Waals surface area (Å²) in [5.41, 5.74) is 2.70. The van der Waals surface area contributed by atoms with Crippen LogP contribution in [0.3, 0.4) is 0 Å². The predicted molar refractivity (Wildman–Crippen MR) is 80.2 cm³/mol. The van der Waals surface area contributed by atoms with E-state index in [9.17, 15) is 4.79 Å². The zero-order valence-electron chi connectivity index (χ0n) is 12.3. The molecular weight excluding hydrogens is 266 g/mol. The van der Waals surface area contributed by atoms with Crippen molar-refractivity contribution in [3.63, 3.8) is 0 Å². The van der Waals surface area contributed by atoms with Gasteiger partial charge in [-0.25, -0.2) is 0 Å². The number of aryl methyl sites for hydroxylation is 1. The molecule has 0 spiro atoms. The van der Waals surface area contributed by atoms with E-state index in [2.05, 4.69) is 26.5 Å². The van der Waals surface area contributed by atoms with Gasteiger partial charge in [-0.1, -0.05) is 0 Å². The first-order chi connectivity index (χ1) is 10.2. The quantitative estimate of drug-likeness (QED) is 0.928. The first-order valence-electron chi connectivity index (χ1n) is 7.12. The van der Waals surface area contributed by atoms with E-state index in [1.54, 1.807) is 13.2 Å². The van der Waals surface area contributed by atoms with Crippen molar-refractivity contribution in [3.8, 4) is 0 Å². The Kier molecular flexibility index (Phi) is 3.60. The Hall–Kier alpha value is -2.37. The predicted octanol–water partition coefficient (Wildman–Crippen LogP) is 1.52. The molecule has 0 aliphatic carbocycles. The molecule has 0 radical (unpaired) electrons. The molecule has 1 atom stereocenters. The lowest BCUT2D eigenvalue weighted by molar-refractivity contribution is 0.0958. The van der Waals surface area contributed by atoms with Crippen molar-refractivity contribution < 1.29 is 4.79 Å². The second-order valence-electron chi connectivity index (χ2n) is 5.28. The minimum absolute atomic E-state index is 0.158. The summed E-state index contributed by atoms with van der Waals surface area (Å²) >= 11 is 0. The number of carbonyl (C=O) groups excluding carboxylic acids is 1. The van der Waals surface area contributed by atoms with Gasteiger partial charge < -0.3 is 10.2 Å². The van der Waals surface area contributed by atoms with Crippen LogP contribution in [0.5, 0.6) is 0 Å². The SMILES string of the molecule is CNC(=O)c1cc(N2CCCC2c2cnn(C)c2)ccn1. The molecule has 6 heteroatoms. The van der Waals surface area contributed by atoms with Crippen LogP contribution in [0, 0.1) is 0 Å². The van der Waals surface area contributed by atoms with Gasteiger partial charge in [-0.05, 0) is 25.0 Å². The summed E-state index contributed by atoms with van der Waals surface area (Å²) in [6.45, 7) is 0.983. The van der Waals surface area contributed by atoms with Gasteiger partial charge in [0.2, 0.25) is 0 Å². The maximum Gasteiger partial charge on any atom is 0.269 e. The third kappa shape index (κ3) is 2.61. The molecule has 1 aliphatic rings. The maximum atomic E-state index is 11.7. The largest absolute Gasteiger partial charge is 0.364 e. The lowest BCUT2D eigenvalue weighted by atomic mass is 10.1. The van der Waals surface area contributed by atoms with Gasteiger partial charge >= 0.3 is 0 Å². The van der Waals surface area contributed by atoms with Crippen LogP contribution in [0.25, 0.3) is 0 Å². The Morgan fingerprint density at radius 3 is 3.05 bits per heavy atom. The molecular formula is C15H19N5O. The number of carbonyl (C=O) groups is 1. The number of amides is 1. The third-order valence-electron chi connectivity index (χ3n) is 3.90. The van der Waals surface area contributed by atoms with Crippen LogP contribution in [0.1, 0.15) is 34.9 Å². The first kappa shape index (κ1) is 13.6. The van der Waals surface area contributed by atoms with Gasteiger partial charge in [0.1, 0.15) is 5.69 Å². The van der Waals surface area contributed by atoms with Crippen molar-refractivity contribution in [3.05, 3.63) is 42.0 Å². The zero-order chi connectivity index (χ0) is 14.8. The van der Waals surface area contributed by atoms with Crippen LogP contribution in [0.2, 0.25) is 0 Å². The smallest absolute Gasteiger partial charge is 0.269 e. The first-order valence-corrected chi connectivity index (χ1v) is 7.12. The summed E-state index contributed by atoms with van der Waals surface area (Å²) in [6, 6.07) is 4.13. The lowest BCUT2D eigenvalue weighted by Gasteiger charge is -2.26. The molecule has 2 aromatic heterocycles. The van der Waals surface area contributed by atoms with Gasteiger partial charge in [0.15, 0.2) is 0 Å². The minimum atomic E-state index is -0.158. The van der Waals surface area contributed by atoms with E-state index in [1.807, 2.05) is 30.1 Å². The number of nitrogens with one attached hydrogen (secondary N) is 1. The number of hydrogen-bond donors (Lipinski definition) is 1. The average Bonchev–Trinajstić information content (AvgIpc) is 3.15. The van der Waals surface area contributed by atoms with E-state index in [4.69, 9.17) is 0 Å². The molecule has 3 heterocycles. The second-order valence-corrected chi connectivity index (χ2v) is 5.28. The third-order valence-corrected chi connectivity index (χ3v) is 3.90. The summed E-state index contributed by atoms with van der Waals surface area (Å²) < 4.78 is 1.83. The molecule has 21 heavy (non-hydrogen) atoms. The Labute approximate surface area is 123 Å². The summed E-state index contributed by atoms with van der Waals surface area (Å²) in [6.07, 6.45) is 7.91. The number of rotatable bonds is 3. The van der Waals surface area contributed by atoms with E-state index < -0.39 is 0 Å². The summed E-state index contributed by atoms with van der Waals surface area (Å²) in [7, 11) is 3.55. The normalized spacial score (nSPS) is 18.0. The number of hydrogen-bond acceptors (Lipinski definition) is 4. The molecule has 1 N–H and O–H groups in total. The van der Waals surface area contributed by atoms with Crippen LogP contribution in [0.4, 0.5) is 5.69 Å². The minimum Gasteiger partial charge on any atom is -0.364 e. The van der Waals surface area contributed by atoms with Crippen LogP contribution in [0.15, 0.2) is 30.7 Å². The van der Waals surface area contributed by atoms with Gasteiger partial charge in [0.05, 0.1) is 12.2 Å². The van der Waals surface area contributed by atoms with Gasteiger partial charge in [-0.3, -0.25) is 14.5 Å². The van der Waals surface area contributed by atoms with Gasteiger partial charge in [-0.2, -0.15) is 5.10 Å². The summed E-state index contributed by atoms with van der Waals surface area (Å²) in [4.78, 5) is 18.2. The monoisotopic (exact) mass is 285 g/mol. The highest BCUT2D eigenvalue weighted by atomic mass is 16.1. The fourth-order valence-corrected chi connectivity index (χ4v) is 2.88. The highest BCUT2D eigenvalue weighted by Gasteiger charge is 2.27. The van der Waals surface area contributed by atoms with E-state index >= 15 is 0 Å². The van der Waals surface area contributed by atoms with Crippen LogP contribution in [-0.2, 0) is 7.05 Å². The van der Waals surface area contributed by atoms with Crippen molar-refractivity contribution in [1.82, 2.24) is 20.1 Å². The molecule has 1 fully saturated rings. The molecule has 2 aromatic rings. The highest BCUT2D eigenvalue weighted by molar-refractivity contribution is 5.92. The Morgan fingerprint density at radius 2 is 2.33 bits per heavy atom. The van der Waals surface area contributed by atoms with Gasteiger partial charge in [0.25, 0.3) is 5.91 Å². The maximum absolute atomic E-state index is 11.7. The van der Waals surface area contributed by atoms with Crippen LogP contribution < -0.4 is 10.2 Å². The van der Waals surface area contributed by atoms with Gasteiger partial charge in [0, 0.05) is 44.3 Å². The lowest BCUT2D eigenvalue weighted by Crippen LogP contribution is -2.24. The summed E-state index contributed by atoms with van der Waals surface area (Å²) in [5, 5.41) is 6.87. The fraction of sp³-hybridized carbons (Fsp3) is 0.400. The van der Waals surface area contributed by atoms with E-state index in [0.29, 0.717) is 11.7 Å². The number of nitrogens with zero attached hydrogens (tertiary/aromatic N) is 4. The molecule has 0 bridgehead atoms. The van der Waals surface area contributed by atoms with Crippen molar-refractivity contribution in [1.29, 1.82) is 0 Å². The highest BCUT2D eigenvalue weighted by Crippen LogP contribution is 2.35. The average molecular weight is 285 g/mol. The molecule has 110 valence electrons. The molecule has 1 saturated heterocycles. The summed E-state index contributed by atoms with van der Waals surface area (Å²) in [5.74, 6) is -0.158. The van der Waals surface area contributed by atoms with Crippen molar-refractivity contribution in [2.45, 2.75) is 18.9 Å². The second kappa shape index (κ2) is 5.55. The Morgan fingerprint density at radius 1 is 1.48 bits per heavy atom. The van der Waals surface area contributed by atoms with E-state index in [-0.39, 0.29) is 5.91 Å². The van der Waals surface area contributed by atoms with Crippen LogP contribution in [-0.4, -0.2) is 34.3 Å². The molecule has 1 aliphatic heterocycles. The Balaban J connectivity index is 1.90. The Bertz CT molecular complexity index is 651. The molecule has 0 aromatic carbocycles. The number of aromatic nitrogens is 3. The molecule has 6 nitrogen and oxygen atoms in total. The fourth-order valence-electron chi connectivity index (χ4n) is 2.88. The number of pyridine rings is 1. The van der Waals surface area contributed by atoms with Crippen molar-refractivity contribution in [2.75, 3.05) is 18.5 Å². The zero-order valence-corrected chi connectivity index (χ0v) is 12.3.